The first-order valence-corrected chi connectivity index (χ1v) is 4.96. The van der Waals surface area contributed by atoms with Gasteiger partial charge < -0.3 is 10.1 Å². The van der Waals surface area contributed by atoms with Gasteiger partial charge in [0.1, 0.15) is 11.9 Å². The normalized spacial score (nSPS) is 13.2. The molecule has 0 saturated heterocycles. The van der Waals surface area contributed by atoms with Crippen molar-refractivity contribution in [2.24, 2.45) is 0 Å². The van der Waals surface area contributed by atoms with Gasteiger partial charge in [-0.3, -0.25) is 4.79 Å². The number of benzene rings is 1. The zero-order valence-electron chi connectivity index (χ0n) is 9.64. The largest absolute Gasteiger partial charge is 0.419 e. The maximum atomic E-state index is 13.0. The lowest BCUT2D eigenvalue weighted by molar-refractivity contribution is -0.140. The molecular formula is C11H11F4NO2. The molecule has 0 spiro atoms. The molecule has 3 nitrogen and oxygen atoms in total. The Labute approximate surface area is 101 Å². The molecule has 100 valence electrons. The van der Waals surface area contributed by atoms with Gasteiger partial charge in [0, 0.05) is 12.8 Å². The Balaban J connectivity index is 2.96. The smallest absolute Gasteiger partial charge is 0.372 e. The number of hydrogen-bond donors (Lipinski definition) is 1. The molecule has 1 N–H and O–H groups in total. The summed E-state index contributed by atoms with van der Waals surface area (Å²) in [5, 5.41) is 2.20. The van der Waals surface area contributed by atoms with Gasteiger partial charge in [-0.2, -0.15) is 13.2 Å². The van der Waals surface area contributed by atoms with Crippen LogP contribution in [0, 0.1) is 5.82 Å². The van der Waals surface area contributed by atoms with Gasteiger partial charge in [-0.25, -0.2) is 4.39 Å². The highest BCUT2D eigenvalue weighted by atomic mass is 19.4. The van der Waals surface area contributed by atoms with E-state index >= 15 is 0 Å². The number of amides is 1. The first-order valence-electron chi connectivity index (χ1n) is 4.96. The van der Waals surface area contributed by atoms with Crippen LogP contribution in [0.4, 0.5) is 23.2 Å². The van der Waals surface area contributed by atoms with Crippen LogP contribution in [-0.4, -0.2) is 19.1 Å². The summed E-state index contributed by atoms with van der Waals surface area (Å²) in [7, 11) is 1.29. The van der Waals surface area contributed by atoms with Crippen molar-refractivity contribution in [3.05, 3.63) is 29.6 Å². The Hall–Kier alpha value is -1.63. The molecule has 7 heteroatoms. The monoisotopic (exact) mass is 265 g/mol. The minimum absolute atomic E-state index is 0.141. The van der Waals surface area contributed by atoms with Crippen LogP contribution in [-0.2, 0) is 15.7 Å². The van der Waals surface area contributed by atoms with E-state index in [0.717, 1.165) is 6.07 Å². The maximum Gasteiger partial charge on any atom is 0.419 e. The van der Waals surface area contributed by atoms with Crippen LogP contribution in [0.5, 0.6) is 0 Å². The van der Waals surface area contributed by atoms with Crippen LogP contribution in [0.2, 0.25) is 0 Å². The third-order valence-corrected chi connectivity index (χ3v) is 2.26. The molecule has 1 aromatic rings. The first kappa shape index (κ1) is 14.4. The number of nitrogens with one attached hydrogen (secondary N) is 1. The van der Waals surface area contributed by atoms with E-state index in [9.17, 15) is 22.4 Å². The van der Waals surface area contributed by atoms with Crippen molar-refractivity contribution in [1.82, 2.24) is 0 Å². The number of carbonyl (C=O) groups excluding carboxylic acids is 1. The third kappa shape index (κ3) is 3.43. The van der Waals surface area contributed by atoms with Crippen molar-refractivity contribution in [1.29, 1.82) is 0 Å². The summed E-state index contributed by atoms with van der Waals surface area (Å²) >= 11 is 0. The van der Waals surface area contributed by atoms with Crippen LogP contribution in [0.3, 0.4) is 0 Å². The Morgan fingerprint density at radius 1 is 1.39 bits per heavy atom. The van der Waals surface area contributed by atoms with Crippen molar-refractivity contribution in [2.75, 3.05) is 12.4 Å². The number of methoxy groups -OCH3 is 1. The lowest BCUT2D eigenvalue weighted by atomic mass is 10.1. The number of halogens is 4. The fourth-order valence-electron chi connectivity index (χ4n) is 1.17. The van der Waals surface area contributed by atoms with Gasteiger partial charge in [-0.05, 0) is 25.1 Å². The molecule has 0 fully saturated rings. The predicted octanol–water partition coefficient (Wildman–Crippen LogP) is 2.82. The molecule has 0 aliphatic heterocycles. The molecule has 0 aliphatic rings. The zero-order valence-corrected chi connectivity index (χ0v) is 9.64. The third-order valence-electron chi connectivity index (χ3n) is 2.26. The maximum absolute atomic E-state index is 13.0. The van der Waals surface area contributed by atoms with Crippen molar-refractivity contribution in [2.45, 2.75) is 19.2 Å². The van der Waals surface area contributed by atoms with Crippen LogP contribution in [0.25, 0.3) is 0 Å². The lowest BCUT2D eigenvalue weighted by Gasteiger charge is -2.13. The lowest BCUT2D eigenvalue weighted by Crippen LogP contribution is -2.26. The van der Waals surface area contributed by atoms with E-state index < -0.39 is 29.6 Å². The molecule has 1 rings (SSSR count). The number of carbonyl (C=O) groups is 1. The standard InChI is InChI=1S/C11H11F4NO2/c1-6(18-2)10(17)16-7-3-4-9(12)8(5-7)11(13,14)15/h3-6H,1-2H3,(H,16,17). The van der Waals surface area contributed by atoms with Gasteiger partial charge in [-0.15, -0.1) is 0 Å². The number of alkyl halides is 3. The van der Waals surface area contributed by atoms with Crippen molar-refractivity contribution in [3.8, 4) is 0 Å². The summed E-state index contributed by atoms with van der Waals surface area (Å²) < 4.78 is 54.9. The zero-order chi connectivity index (χ0) is 13.9. The molecule has 1 atom stereocenters. The molecule has 0 radical (unpaired) electrons. The molecule has 0 bridgehead atoms. The Kier molecular flexibility index (Phi) is 4.28. The molecule has 1 unspecified atom stereocenters. The minimum atomic E-state index is -4.81. The van der Waals surface area contributed by atoms with Crippen molar-refractivity contribution < 1.29 is 27.1 Å². The minimum Gasteiger partial charge on any atom is -0.372 e. The molecule has 0 aliphatic carbocycles. The Morgan fingerprint density at radius 3 is 2.50 bits per heavy atom. The summed E-state index contributed by atoms with van der Waals surface area (Å²) in [6.07, 6.45) is -5.62. The second-order valence-corrected chi connectivity index (χ2v) is 3.56. The van der Waals surface area contributed by atoms with E-state index in [0.29, 0.717) is 12.1 Å². The number of ether oxygens (including phenoxy) is 1. The van der Waals surface area contributed by atoms with E-state index in [-0.39, 0.29) is 5.69 Å². The van der Waals surface area contributed by atoms with E-state index in [4.69, 9.17) is 4.74 Å². The van der Waals surface area contributed by atoms with Gasteiger partial charge in [0.2, 0.25) is 0 Å². The van der Waals surface area contributed by atoms with Gasteiger partial charge in [0.25, 0.3) is 5.91 Å². The van der Waals surface area contributed by atoms with Gasteiger partial charge in [-0.1, -0.05) is 0 Å². The van der Waals surface area contributed by atoms with E-state index in [1.165, 1.54) is 14.0 Å². The van der Waals surface area contributed by atoms with Crippen molar-refractivity contribution in [3.63, 3.8) is 0 Å². The summed E-state index contributed by atoms with van der Waals surface area (Å²) in [4.78, 5) is 11.4. The fraction of sp³-hybridized carbons (Fsp3) is 0.364. The number of rotatable bonds is 3. The quantitative estimate of drug-likeness (QED) is 0.853. The summed E-state index contributed by atoms with van der Waals surface area (Å²) in [5.74, 6) is -2.00. The second-order valence-electron chi connectivity index (χ2n) is 3.56. The highest BCUT2D eigenvalue weighted by molar-refractivity contribution is 5.93. The van der Waals surface area contributed by atoms with E-state index in [1.807, 2.05) is 0 Å². The van der Waals surface area contributed by atoms with E-state index in [2.05, 4.69) is 5.32 Å². The summed E-state index contributed by atoms with van der Waals surface area (Å²) in [6, 6.07) is 2.23. The molecule has 0 heterocycles. The molecule has 1 aromatic carbocycles. The fourth-order valence-corrected chi connectivity index (χ4v) is 1.17. The highest BCUT2D eigenvalue weighted by Crippen LogP contribution is 2.32. The second kappa shape index (κ2) is 5.34. The molecule has 18 heavy (non-hydrogen) atoms. The first-order chi connectivity index (χ1) is 8.25. The Morgan fingerprint density at radius 2 is 2.00 bits per heavy atom. The molecule has 0 aromatic heterocycles. The average Bonchev–Trinajstić information content (AvgIpc) is 2.29. The van der Waals surface area contributed by atoms with Gasteiger partial charge >= 0.3 is 6.18 Å². The summed E-state index contributed by atoms with van der Waals surface area (Å²) in [5.41, 5.74) is -1.57. The van der Waals surface area contributed by atoms with Crippen LogP contribution < -0.4 is 5.32 Å². The molecular weight excluding hydrogens is 254 g/mol. The predicted molar refractivity (Wildman–Crippen MR) is 56.5 cm³/mol. The SMILES string of the molecule is COC(C)C(=O)Nc1ccc(F)c(C(F)(F)F)c1. The summed E-state index contributed by atoms with van der Waals surface area (Å²) in [6.45, 7) is 1.43. The Bertz CT molecular complexity index is 445. The van der Waals surface area contributed by atoms with Gasteiger partial charge in [0.15, 0.2) is 0 Å². The van der Waals surface area contributed by atoms with Gasteiger partial charge in [0.05, 0.1) is 5.56 Å². The van der Waals surface area contributed by atoms with Crippen LogP contribution in [0.15, 0.2) is 18.2 Å². The highest BCUT2D eigenvalue weighted by Gasteiger charge is 2.34. The van der Waals surface area contributed by atoms with Crippen molar-refractivity contribution >= 4 is 11.6 Å². The number of hydrogen-bond acceptors (Lipinski definition) is 2. The van der Waals surface area contributed by atoms with E-state index in [1.54, 1.807) is 0 Å². The number of anilines is 1. The molecule has 1 amide bonds. The van der Waals surface area contributed by atoms with Crippen LogP contribution >= 0.6 is 0 Å². The molecule has 0 saturated carbocycles. The van der Waals surface area contributed by atoms with Crippen LogP contribution in [0.1, 0.15) is 12.5 Å². The topological polar surface area (TPSA) is 38.3 Å². The average molecular weight is 265 g/mol.